The smallest absolute Gasteiger partial charge is 0.409 e. The van der Waals surface area contributed by atoms with Crippen molar-refractivity contribution in [3.05, 3.63) is 0 Å². The van der Waals surface area contributed by atoms with Crippen LogP contribution in [0.2, 0.25) is 0 Å². The molecule has 0 aromatic heterocycles. The lowest BCUT2D eigenvalue weighted by Gasteiger charge is -2.38. The quantitative estimate of drug-likeness (QED) is 0.679. The molecule has 0 bridgehead atoms. The van der Waals surface area contributed by atoms with Gasteiger partial charge >= 0.3 is 6.09 Å². The molecule has 0 spiro atoms. The van der Waals surface area contributed by atoms with Gasteiger partial charge in [-0.2, -0.15) is 4.99 Å². The molecule has 24 heavy (non-hydrogen) atoms. The number of ether oxygens (including phenoxy) is 1. The molecule has 0 saturated carbocycles. The number of aliphatic imine (C=N–C) groups is 1. The van der Waals surface area contributed by atoms with E-state index in [4.69, 9.17) is 17.0 Å². The number of thioether (sulfide) groups is 1. The van der Waals surface area contributed by atoms with E-state index in [-0.39, 0.29) is 12.0 Å². The van der Waals surface area contributed by atoms with E-state index in [1.54, 1.807) is 4.90 Å². The number of amidine groups is 1. The Morgan fingerprint density at radius 1 is 1.29 bits per heavy atom. The average Bonchev–Trinajstić information content (AvgIpc) is 2.73. The molecule has 3 rings (SSSR count). The molecule has 0 unspecified atom stereocenters. The van der Waals surface area contributed by atoms with Gasteiger partial charge in [0.15, 0.2) is 9.49 Å². The number of piperazine rings is 1. The van der Waals surface area contributed by atoms with Crippen molar-refractivity contribution in [2.24, 2.45) is 4.99 Å². The van der Waals surface area contributed by atoms with Crippen molar-refractivity contribution in [1.29, 1.82) is 0 Å². The highest BCUT2D eigenvalue weighted by Crippen LogP contribution is 2.28. The number of amides is 2. The Hall–Kier alpha value is -1.39. The van der Waals surface area contributed by atoms with Crippen molar-refractivity contribution >= 4 is 45.5 Å². The van der Waals surface area contributed by atoms with E-state index < -0.39 is 0 Å². The molecule has 0 radical (unpaired) electrons. The molecule has 0 atom stereocenters. The summed E-state index contributed by atoms with van der Waals surface area (Å²) in [5, 5.41) is 4.71. The summed E-state index contributed by atoms with van der Waals surface area (Å²) in [7, 11) is 0. The van der Waals surface area contributed by atoms with Gasteiger partial charge in [0.2, 0.25) is 5.91 Å². The standard InChI is InChI=1S/C14H21N5O3S2/c1-2-22-13(21)17-8-6-16(7-9-17)10-19-14(23)24-12-15-11(20)4-3-5-18(12)19/h2-10H2,1H3. The summed E-state index contributed by atoms with van der Waals surface area (Å²) in [6.45, 7) is 6.43. The van der Waals surface area contributed by atoms with E-state index in [0.717, 1.165) is 30.4 Å². The van der Waals surface area contributed by atoms with Crippen LogP contribution >= 0.6 is 24.0 Å². The van der Waals surface area contributed by atoms with Gasteiger partial charge in [-0.1, -0.05) is 12.2 Å². The highest BCUT2D eigenvalue weighted by molar-refractivity contribution is 8.33. The Labute approximate surface area is 150 Å². The van der Waals surface area contributed by atoms with Crippen molar-refractivity contribution in [1.82, 2.24) is 19.8 Å². The Bertz CT molecular complexity index is 563. The Morgan fingerprint density at radius 3 is 2.75 bits per heavy atom. The van der Waals surface area contributed by atoms with Crippen molar-refractivity contribution in [2.45, 2.75) is 19.8 Å². The molecule has 0 N–H and O–H groups in total. The maximum absolute atomic E-state index is 11.8. The van der Waals surface area contributed by atoms with Crippen LogP contribution in [0.25, 0.3) is 0 Å². The lowest BCUT2D eigenvalue weighted by atomic mass is 10.3. The van der Waals surface area contributed by atoms with Crippen molar-refractivity contribution < 1.29 is 14.3 Å². The van der Waals surface area contributed by atoms with E-state index in [2.05, 4.69) is 9.89 Å². The van der Waals surface area contributed by atoms with Crippen LogP contribution < -0.4 is 0 Å². The summed E-state index contributed by atoms with van der Waals surface area (Å²) >= 11 is 6.83. The number of hydrazine groups is 1. The fourth-order valence-corrected chi connectivity index (χ4v) is 4.08. The third-order valence-electron chi connectivity index (χ3n) is 4.11. The van der Waals surface area contributed by atoms with Gasteiger partial charge in [-0.25, -0.2) is 4.79 Å². The maximum Gasteiger partial charge on any atom is 0.409 e. The second kappa shape index (κ2) is 7.66. The molecule has 8 nitrogen and oxygen atoms in total. The Morgan fingerprint density at radius 2 is 2.04 bits per heavy atom. The van der Waals surface area contributed by atoms with Crippen LogP contribution in [-0.2, 0) is 9.53 Å². The lowest BCUT2D eigenvalue weighted by Crippen LogP contribution is -2.54. The van der Waals surface area contributed by atoms with Crippen LogP contribution in [0.4, 0.5) is 4.79 Å². The lowest BCUT2D eigenvalue weighted by molar-refractivity contribution is -0.117. The SMILES string of the molecule is CCOC(=O)N1CCN(CN2C(=S)SC3=NC(=O)CCCN32)CC1. The third kappa shape index (κ3) is 3.81. The zero-order valence-electron chi connectivity index (χ0n) is 13.6. The van der Waals surface area contributed by atoms with Crippen LogP contribution in [0.15, 0.2) is 4.99 Å². The molecule has 3 aliphatic rings. The number of thiocarbonyl (C=S) groups is 1. The Balaban J connectivity index is 1.57. The van der Waals surface area contributed by atoms with E-state index in [0.29, 0.717) is 38.0 Å². The maximum atomic E-state index is 11.8. The van der Waals surface area contributed by atoms with Crippen LogP contribution in [0.1, 0.15) is 19.8 Å². The molecule has 0 aromatic rings. The number of fused-ring (bicyclic) bond motifs is 1. The molecule has 2 fully saturated rings. The molecule has 132 valence electrons. The largest absolute Gasteiger partial charge is 0.450 e. The molecule has 3 heterocycles. The predicted octanol–water partition coefficient (Wildman–Crippen LogP) is 0.945. The molecule has 0 aromatic carbocycles. The number of hydrogen-bond acceptors (Lipinski definition) is 7. The number of nitrogens with zero attached hydrogens (tertiary/aromatic N) is 5. The second-order valence-corrected chi connectivity index (χ2v) is 7.33. The highest BCUT2D eigenvalue weighted by Gasteiger charge is 2.35. The molecule has 10 heteroatoms. The fourth-order valence-electron chi connectivity index (χ4n) is 2.83. The van der Waals surface area contributed by atoms with Gasteiger partial charge < -0.3 is 9.64 Å². The first-order valence-corrected chi connectivity index (χ1v) is 9.33. The molecule has 3 aliphatic heterocycles. The van der Waals surface area contributed by atoms with Gasteiger partial charge in [-0.05, 0) is 25.1 Å². The number of carbonyl (C=O) groups is 2. The first-order chi connectivity index (χ1) is 11.6. The minimum absolute atomic E-state index is 0.0762. The summed E-state index contributed by atoms with van der Waals surface area (Å²) in [5.74, 6) is -0.0762. The molecular weight excluding hydrogens is 350 g/mol. The molecular formula is C14H21N5O3S2. The average molecular weight is 371 g/mol. The minimum atomic E-state index is -0.246. The highest BCUT2D eigenvalue weighted by atomic mass is 32.2. The van der Waals surface area contributed by atoms with Crippen molar-refractivity contribution in [3.8, 4) is 0 Å². The number of rotatable bonds is 3. The molecule has 2 saturated heterocycles. The predicted molar refractivity (Wildman–Crippen MR) is 95.4 cm³/mol. The second-order valence-electron chi connectivity index (χ2n) is 5.73. The van der Waals surface area contributed by atoms with Crippen LogP contribution in [0.3, 0.4) is 0 Å². The van der Waals surface area contributed by atoms with Crippen LogP contribution in [0.5, 0.6) is 0 Å². The third-order valence-corrected chi connectivity index (χ3v) is 5.45. The van der Waals surface area contributed by atoms with E-state index in [1.165, 1.54) is 11.8 Å². The van der Waals surface area contributed by atoms with E-state index >= 15 is 0 Å². The fraction of sp³-hybridized carbons (Fsp3) is 0.714. The van der Waals surface area contributed by atoms with Crippen LogP contribution in [0, 0.1) is 0 Å². The zero-order valence-corrected chi connectivity index (χ0v) is 15.3. The molecule has 2 amide bonds. The first kappa shape index (κ1) is 17.4. The van der Waals surface area contributed by atoms with Gasteiger partial charge in [0.1, 0.15) is 0 Å². The first-order valence-electron chi connectivity index (χ1n) is 8.11. The number of hydrogen-bond donors (Lipinski definition) is 0. The number of carbonyl (C=O) groups excluding carboxylic acids is 2. The van der Waals surface area contributed by atoms with Gasteiger partial charge in [-0.15, -0.1) is 0 Å². The van der Waals surface area contributed by atoms with E-state index in [9.17, 15) is 9.59 Å². The van der Waals surface area contributed by atoms with E-state index in [1.807, 2.05) is 16.9 Å². The Kier molecular flexibility index (Phi) is 5.57. The summed E-state index contributed by atoms with van der Waals surface area (Å²) in [6.07, 6.45) is 1.02. The van der Waals surface area contributed by atoms with Gasteiger partial charge in [-0.3, -0.25) is 19.7 Å². The summed E-state index contributed by atoms with van der Waals surface area (Å²) < 4.78 is 5.76. The van der Waals surface area contributed by atoms with Gasteiger partial charge in [0, 0.05) is 39.1 Å². The normalized spacial score (nSPS) is 22.4. The summed E-state index contributed by atoms with van der Waals surface area (Å²) in [5.41, 5.74) is 0. The zero-order chi connectivity index (χ0) is 17.1. The summed E-state index contributed by atoms with van der Waals surface area (Å²) in [6, 6.07) is 0. The van der Waals surface area contributed by atoms with Crippen LogP contribution in [-0.4, -0.2) is 87.3 Å². The summed E-state index contributed by atoms with van der Waals surface area (Å²) in [4.78, 5) is 31.5. The van der Waals surface area contributed by atoms with Crippen molar-refractivity contribution in [2.75, 3.05) is 46.0 Å². The van der Waals surface area contributed by atoms with Gasteiger partial charge in [0.25, 0.3) is 0 Å². The molecule has 0 aliphatic carbocycles. The minimum Gasteiger partial charge on any atom is -0.450 e. The monoisotopic (exact) mass is 371 g/mol. The topological polar surface area (TPSA) is 68.7 Å². The van der Waals surface area contributed by atoms with Crippen molar-refractivity contribution in [3.63, 3.8) is 0 Å². The van der Waals surface area contributed by atoms with Gasteiger partial charge in [0.05, 0.1) is 13.3 Å².